The van der Waals surface area contributed by atoms with Crippen LogP contribution in [0.3, 0.4) is 0 Å². The molecule has 41 heavy (non-hydrogen) atoms. The maximum Gasteiger partial charge on any atom is 0.264 e. The van der Waals surface area contributed by atoms with Gasteiger partial charge in [-0.3, -0.25) is 13.9 Å². The quantitative estimate of drug-likeness (QED) is 0.304. The second-order valence-corrected chi connectivity index (χ2v) is 11.8. The van der Waals surface area contributed by atoms with Crippen LogP contribution in [-0.4, -0.2) is 50.9 Å². The van der Waals surface area contributed by atoms with Crippen molar-refractivity contribution in [2.24, 2.45) is 0 Å². The average Bonchev–Trinajstić information content (AvgIpc) is 2.96. The summed E-state index contributed by atoms with van der Waals surface area (Å²) in [5.74, 6) is -1.23. The Morgan fingerprint density at radius 2 is 1.66 bits per heavy atom. The first kappa shape index (κ1) is 31.6. The van der Waals surface area contributed by atoms with Gasteiger partial charge in [0.25, 0.3) is 10.0 Å². The van der Waals surface area contributed by atoms with E-state index in [4.69, 9.17) is 4.74 Å². The molecule has 0 aromatic heterocycles. The van der Waals surface area contributed by atoms with Gasteiger partial charge in [0.2, 0.25) is 11.8 Å². The third-order valence-electron chi connectivity index (χ3n) is 6.88. The number of sulfonamides is 1. The fraction of sp³-hybridized carbons (Fsp3) is 0.355. The van der Waals surface area contributed by atoms with Gasteiger partial charge in [0.15, 0.2) is 0 Å². The zero-order valence-electron chi connectivity index (χ0n) is 24.1. The molecule has 0 aliphatic heterocycles. The second kappa shape index (κ2) is 14.1. The first-order valence-corrected chi connectivity index (χ1v) is 15.0. The van der Waals surface area contributed by atoms with Crippen molar-refractivity contribution in [2.75, 3.05) is 18.0 Å². The van der Waals surface area contributed by atoms with Crippen LogP contribution in [0.5, 0.6) is 5.75 Å². The van der Waals surface area contributed by atoms with Crippen LogP contribution in [0.1, 0.15) is 44.7 Å². The fourth-order valence-electron chi connectivity index (χ4n) is 4.33. The molecular weight excluding hydrogens is 545 g/mol. The molecule has 0 bridgehead atoms. The Morgan fingerprint density at radius 1 is 0.976 bits per heavy atom. The number of carbonyl (C=O) groups is 2. The molecule has 3 aromatic rings. The molecule has 0 saturated carbocycles. The molecule has 0 radical (unpaired) electrons. The Balaban J connectivity index is 2.08. The summed E-state index contributed by atoms with van der Waals surface area (Å²) >= 11 is 0. The van der Waals surface area contributed by atoms with E-state index in [1.165, 1.54) is 42.3 Å². The number of rotatable bonds is 13. The van der Waals surface area contributed by atoms with E-state index in [-0.39, 0.29) is 35.5 Å². The van der Waals surface area contributed by atoms with Gasteiger partial charge in [-0.05, 0) is 68.7 Å². The number of halogens is 1. The number of nitrogens with one attached hydrogen (secondary N) is 1. The largest absolute Gasteiger partial charge is 0.497 e. The Kier molecular flexibility index (Phi) is 10.9. The predicted octanol–water partition coefficient (Wildman–Crippen LogP) is 5.06. The van der Waals surface area contributed by atoms with Gasteiger partial charge in [-0.1, -0.05) is 55.8 Å². The third kappa shape index (κ3) is 7.85. The molecule has 220 valence electrons. The van der Waals surface area contributed by atoms with Crippen LogP contribution >= 0.6 is 0 Å². The van der Waals surface area contributed by atoms with Gasteiger partial charge in [0.1, 0.15) is 24.2 Å². The fourth-order valence-corrected chi connectivity index (χ4v) is 5.75. The van der Waals surface area contributed by atoms with Crippen molar-refractivity contribution in [3.63, 3.8) is 0 Å². The van der Waals surface area contributed by atoms with Crippen molar-refractivity contribution in [3.8, 4) is 5.75 Å². The number of para-hydroxylation sites is 1. The maximum absolute atomic E-state index is 15.1. The van der Waals surface area contributed by atoms with E-state index >= 15 is 4.39 Å². The highest BCUT2D eigenvalue weighted by molar-refractivity contribution is 7.92. The summed E-state index contributed by atoms with van der Waals surface area (Å²) in [6.07, 6.45) is 0.976. The molecule has 0 aliphatic carbocycles. The lowest BCUT2D eigenvalue weighted by molar-refractivity contribution is -0.140. The highest BCUT2D eigenvalue weighted by Crippen LogP contribution is 2.27. The summed E-state index contributed by atoms with van der Waals surface area (Å²) in [4.78, 5) is 28.7. The maximum atomic E-state index is 15.1. The SMILES string of the molecule is CCC(C)NC(=O)C(CC)N(Cc1cccc(OC)c1)C(=O)CN(c1ccccc1F)S(=O)(=O)c1ccc(C)cc1. The molecule has 0 aliphatic rings. The van der Waals surface area contributed by atoms with Crippen LogP contribution in [0.2, 0.25) is 0 Å². The number of ether oxygens (including phenoxy) is 1. The summed E-state index contributed by atoms with van der Waals surface area (Å²) in [5, 5.41) is 2.93. The number of methoxy groups -OCH3 is 1. The molecule has 0 heterocycles. The lowest BCUT2D eigenvalue weighted by atomic mass is 10.1. The summed E-state index contributed by atoms with van der Waals surface area (Å²) in [5.41, 5.74) is 1.27. The Bertz CT molecular complexity index is 1450. The monoisotopic (exact) mass is 583 g/mol. The van der Waals surface area contributed by atoms with Crippen molar-refractivity contribution < 1.29 is 27.1 Å². The third-order valence-corrected chi connectivity index (χ3v) is 8.66. The van der Waals surface area contributed by atoms with E-state index in [0.29, 0.717) is 17.7 Å². The van der Waals surface area contributed by atoms with E-state index in [1.807, 2.05) is 20.8 Å². The van der Waals surface area contributed by atoms with Crippen LogP contribution in [0, 0.1) is 12.7 Å². The van der Waals surface area contributed by atoms with Crippen LogP contribution in [-0.2, 0) is 26.2 Å². The number of amides is 2. The standard InChI is InChI=1S/C31H38FN3O5S/c1-6-23(4)33-31(37)28(7-2)34(20-24-11-10-12-25(19-24)40-5)30(36)21-35(29-14-9-8-13-27(29)32)41(38,39)26-17-15-22(3)16-18-26/h8-19,23,28H,6-7,20-21H2,1-5H3,(H,33,37). The minimum atomic E-state index is -4.36. The number of benzene rings is 3. The van der Waals surface area contributed by atoms with Crippen LogP contribution in [0.15, 0.2) is 77.7 Å². The number of hydrogen-bond donors (Lipinski definition) is 1. The van der Waals surface area contributed by atoms with Gasteiger partial charge < -0.3 is 15.0 Å². The Hall–Kier alpha value is -3.92. The molecule has 2 atom stereocenters. The average molecular weight is 584 g/mol. The molecule has 2 amide bonds. The number of hydrogen-bond acceptors (Lipinski definition) is 5. The first-order chi connectivity index (χ1) is 19.5. The minimum absolute atomic E-state index is 0.0121. The van der Waals surface area contributed by atoms with Gasteiger partial charge in [-0.15, -0.1) is 0 Å². The molecule has 8 nitrogen and oxygen atoms in total. The topological polar surface area (TPSA) is 96.0 Å². The van der Waals surface area contributed by atoms with E-state index in [9.17, 15) is 18.0 Å². The van der Waals surface area contributed by atoms with E-state index < -0.39 is 34.3 Å². The number of anilines is 1. The Morgan fingerprint density at radius 3 is 2.27 bits per heavy atom. The molecule has 10 heteroatoms. The molecule has 3 rings (SSSR count). The van der Waals surface area contributed by atoms with Crippen LogP contribution in [0.25, 0.3) is 0 Å². The van der Waals surface area contributed by atoms with Gasteiger partial charge in [0.05, 0.1) is 17.7 Å². The number of nitrogens with zero attached hydrogens (tertiary/aromatic N) is 2. The molecule has 1 N–H and O–H groups in total. The Labute approximate surface area is 242 Å². The van der Waals surface area contributed by atoms with Crippen molar-refractivity contribution in [1.82, 2.24) is 10.2 Å². The highest BCUT2D eigenvalue weighted by atomic mass is 32.2. The van der Waals surface area contributed by atoms with E-state index in [0.717, 1.165) is 15.9 Å². The summed E-state index contributed by atoms with van der Waals surface area (Å²) in [7, 11) is -2.83. The smallest absolute Gasteiger partial charge is 0.264 e. The minimum Gasteiger partial charge on any atom is -0.497 e. The van der Waals surface area contributed by atoms with Crippen molar-refractivity contribution >= 4 is 27.5 Å². The molecule has 2 unspecified atom stereocenters. The van der Waals surface area contributed by atoms with Gasteiger partial charge >= 0.3 is 0 Å². The van der Waals surface area contributed by atoms with Crippen molar-refractivity contribution in [1.29, 1.82) is 0 Å². The molecule has 0 fully saturated rings. The highest BCUT2D eigenvalue weighted by Gasteiger charge is 2.34. The molecule has 3 aromatic carbocycles. The van der Waals surface area contributed by atoms with Crippen molar-refractivity contribution in [3.05, 3.63) is 89.7 Å². The van der Waals surface area contributed by atoms with Gasteiger partial charge in [-0.25, -0.2) is 12.8 Å². The van der Waals surface area contributed by atoms with Gasteiger partial charge in [-0.2, -0.15) is 0 Å². The lowest BCUT2D eigenvalue weighted by Crippen LogP contribution is -2.53. The molecule has 0 saturated heterocycles. The second-order valence-electron chi connectivity index (χ2n) is 9.89. The van der Waals surface area contributed by atoms with E-state index in [2.05, 4.69) is 5.32 Å². The van der Waals surface area contributed by atoms with Gasteiger partial charge in [0, 0.05) is 12.6 Å². The normalized spacial score (nSPS) is 12.7. The van der Waals surface area contributed by atoms with Crippen LogP contribution < -0.4 is 14.4 Å². The van der Waals surface area contributed by atoms with E-state index in [1.54, 1.807) is 43.3 Å². The number of aryl methyl sites for hydroxylation is 1. The lowest BCUT2D eigenvalue weighted by Gasteiger charge is -2.33. The predicted molar refractivity (Wildman–Crippen MR) is 158 cm³/mol. The molecule has 0 spiro atoms. The zero-order chi connectivity index (χ0) is 30.2. The van der Waals surface area contributed by atoms with Crippen molar-refractivity contribution in [2.45, 2.75) is 64.1 Å². The summed E-state index contributed by atoms with van der Waals surface area (Å²) in [6, 6.07) is 17.6. The summed E-state index contributed by atoms with van der Waals surface area (Å²) in [6.45, 7) is 6.71. The van der Waals surface area contributed by atoms with Crippen LogP contribution in [0.4, 0.5) is 10.1 Å². The zero-order valence-corrected chi connectivity index (χ0v) is 24.9. The summed E-state index contributed by atoms with van der Waals surface area (Å²) < 4.78 is 48.8. The molecular formula is C31H38FN3O5S. The first-order valence-electron chi connectivity index (χ1n) is 13.6. The number of carbonyl (C=O) groups excluding carboxylic acids is 2.